The number of aromatic hydroxyl groups is 1. The average Bonchev–Trinajstić information content (AvgIpc) is 2.81. The van der Waals surface area contributed by atoms with E-state index in [1.165, 1.54) is 102 Å². The van der Waals surface area contributed by atoms with Crippen molar-refractivity contribution in [3.05, 3.63) is 23.3 Å². The standard InChI is InChI=1S/C30H52O4/c1-3-5-7-9-11-12-13-14-15-16-17-18-20-22-26-24-27(31)25-28(29(26)30(32)33)34-23-21-19-10-8-6-4-2/h24-25,31H,3-23H2,1-2H3,(H,32,33). The van der Waals surface area contributed by atoms with Crippen LogP contribution in [0.5, 0.6) is 11.5 Å². The van der Waals surface area contributed by atoms with Gasteiger partial charge in [0.1, 0.15) is 17.1 Å². The molecule has 1 aromatic rings. The fourth-order valence-electron chi connectivity index (χ4n) is 4.61. The molecule has 0 aliphatic heterocycles. The Balaban J connectivity index is 2.29. The number of phenols is 1. The molecule has 0 aliphatic rings. The highest BCUT2D eigenvalue weighted by Crippen LogP contribution is 2.30. The molecular formula is C30H52O4. The van der Waals surface area contributed by atoms with E-state index in [2.05, 4.69) is 13.8 Å². The van der Waals surface area contributed by atoms with E-state index in [4.69, 9.17) is 4.74 Å². The zero-order valence-corrected chi connectivity index (χ0v) is 22.2. The summed E-state index contributed by atoms with van der Waals surface area (Å²) in [5.74, 6) is -0.568. The molecule has 0 heterocycles. The number of aryl methyl sites for hydroxylation is 1. The minimum absolute atomic E-state index is 0.0904. The Bertz CT molecular complexity index is 641. The highest BCUT2D eigenvalue weighted by molar-refractivity contribution is 5.93. The van der Waals surface area contributed by atoms with Gasteiger partial charge in [0.2, 0.25) is 0 Å². The van der Waals surface area contributed by atoms with Crippen molar-refractivity contribution in [1.29, 1.82) is 0 Å². The number of rotatable bonds is 23. The van der Waals surface area contributed by atoms with Crippen molar-refractivity contribution < 1.29 is 19.7 Å². The van der Waals surface area contributed by atoms with Gasteiger partial charge < -0.3 is 14.9 Å². The normalized spacial score (nSPS) is 11.1. The van der Waals surface area contributed by atoms with Crippen molar-refractivity contribution in [2.24, 2.45) is 0 Å². The number of ether oxygens (including phenoxy) is 1. The van der Waals surface area contributed by atoms with Gasteiger partial charge in [-0.05, 0) is 30.9 Å². The summed E-state index contributed by atoms with van der Waals surface area (Å²) in [5, 5.41) is 19.9. The number of unbranched alkanes of at least 4 members (excludes halogenated alkanes) is 17. The summed E-state index contributed by atoms with van der Waals surface area (Å²) in [4.78, 5) is 11.9. The number of carboxylic acid groups (broad SMARTS) is 1. The van der Waals surface area contributed by atoms with Gasteiger partial charge in [0, 0.05) is 6.07 Å². The molecule has 0 radical (unpaired) electrons. The Kier molecular flexibility index (Phi) is 18.4. The van der Waals surface area contributed by atoms with E-state index in [9.17, 15) is 15.0 Å². The molecule has 4 nitrogen and oxygen atoms in total. The zero-order chi connectivity index (χ0) is 24.9. The Morgan fingerprint density at radius 3 is 1.59 bits per heavy atom. The topological polar surface area (TPSA) is 66.8 Å². The van der Waals surface area contributed by atoms with E-state index in [1.54, 1.807) is 6.07 Å². The highest BCUT2D eigenvalue weighted by Gasteiger charge is 2.18. The smallest absolute Gasteiger partial charge is 0.339 e. The van der Waals surface area contributed by atoms with Crippen LogP contribution in [0.25, 0.3) is 0 Å². The van der Waals surface area contributed by atoms with Gasteiger partial charge in [-0.15, -0.1) is 0 Å². The molecule has 0 bridgehead atoms. The van der Waals surface area contributed by atoms with Crippen LogP contribution < -0.4 is 4.74 Å². The zero-order valence-electron chi connectivity index (χ0n) is 22.2. The van der Waals surface area contributed by atoms with E-state index in [0.29, 0.717) is 24.3 Å². The number of hydrogen-bond donors (Lipinski definition) is 2. The van der Waals surface area contributed by atoms with E-state index in [-0.39, 0.29) is 11.3 Å². The molecule has 4 heteroatoms. The first kappa shape index (κ1) is 30.3. The Morgan fingerprint density at radius 2 is 1.12 bits per heavy atom. The highest BCUT2D eigenvalue weighted by atomic mass is 16.5. The quantitative estimate of drug-likeness (QED) is 0.154. The molecule has 0 amide bonds. The third kappa shape index (κ3) is 14.5. The predicted molar refractivity (Wildman–Crippen MR) is 143 cm³/mol. The van der Waals surface area contributed by atoms with E-state index < -0.39 is 5.97 Å². The number of carboxylic acids is 1. The van der Waals surface area contributed by atoms with Gasteiger partial charge >= 0.3 is 5.97 Å². The Labute approximate surface area is 209 Å². The van der Waals surface area contributed by atoms with Gasteiger partial charge in [0.05, 0.1) is 6.61 Å². The van der Waals surface area contributed by atoms with Gasteiger partial charge in [0.15, 0.2) is 0 Å². The summed E-state index contributed by atoms with van der Waals surface area (Å²) in [6.45, 7) is 4.96. The maximum absolute atomic E-state index is 11.9. The molecule has 0 saturated carbocycles. The second kappa shape index (κ2) is 20.6. The van der Waals surface area contributed by atoms with Gasteiger partial charge in [0.25, 0.3) is 0 Å². The van der Waals surface area contributed by atoms with Crippen molar-refractivity contribution in [2.45, 2.75) is 142 Å². The van der Waals surface area contributed by atoms with Crippen LogP contribution in [0.15, 0.2) is 12.1 Å². The number of phenolic OH excluding ortho intramolecular Hbond substituents is 1. The van der Waals surface area contributed by atoms with Crippen molar-refractivity contribution >= 4 is 5.97 Å². The Morgan fingerprint density at radius 1 is 0.676 bits per heavy atom. The van der Waals surface area contributed by atoms with E-state index in [0.717, 1.165) is 25.7 Å². The van der Waals surface area contributed by atoms with Crippen LogP contribution in [0.4, 0.5) is 0 Å². The fraction of sp³-hybridized carbons (Fsp3) is 0.767. The van der Waals surface area contributed by atoms with Crippen LogP contribution in [0, 0.1) is 0 Å². The third-order valence-electron chi connectivity index (χ3n) is 6.69. The van der Waals surface area contributed by atoms with Crippen LogP contribution in [-0.2, 0) is 6.42 Å². The number of aromatic carboxylic acids is 1. The van der Waals surface area contributed by atoms with Crippen LogP contribution in [0.1, 0.15) is 152 Å². The van der Waals surface area contributed by atoms with Crippen molar-refractivity contribution in [3.8, 4) is 11.5 Å². The second-order valence-electron chi connectivity index (χ2n) is 9.89. The minimum atomic E-state index is -0.970. The van der Waals surface area contributed by atoms with Gasteiger partial charge in [-0.25, -0.2) is 4.79 Å². The lowest BCUT2D eigenvalue weighted by Crippen LogP contribution is -2.08. The molecule has 0 aliphatic carbocycles. The molecule has 1 rings (SSSR count). The van der Waals surface area contributed by atoms with Crippen LogP contribution in [0.3, 0.4) is 0 Å². The molecule has 196 valence electrons. The molecule has 0 aromatic heterocycles. The SMILES string of the molecule is CCCCCCCCCCCCCCCc1cc(O)cc(OCCCCCCCC)c1C(=O)O. The number of hydrogen-bond acceptors (Lipinski definition) is 3. The van der Waals surface area contributed by atoms with Gasteiger partial charge in [-0.3, -0.25) is 0 Å². The Hall–Kier alpha value is -1.71. The first-order valence-corrected chi connectivity index (χ1v) is 14.3. The molecule has 0 unspecified atom stereocenters. The van der Waals surface area contributed by atoms with Crippen molar-refractivity contribution in [2.75, 3.05) is 6.61 Å². The molecule has 0 saturated heterocycles. The van der Waals surface area contributed by atoms with Gasteiger partial charge in [-0.1, -0.05) is 123 Å². The molecule has 2 N–H and O–H groups in total. The summed E-state index contributed by atoms with van der Waals surface area (Å²) in [5.41, 5.74) is 0.913. The lowest BCUT2D eigenvalue weighted by Gasteiger charge is -2.14. The monoisotopic (exact) mass is 476 g/mol. The molecule has 0 spiro atoms. The van der Waals surface area contributed by atoms with E-state index >= 15 is 0 Å². The second-order valence-corrected chi connectivity index (χ2v) is 9.89. The number of carbonyl (C=O) groups is 1. The maximum atomic E-state index is 11.9. The molecule has 0 fully saturated rings. The molecular weight excluding hydrogens is 424 g/mol. The maximum Gasteiger partial charge on any atom is 0.339 e. The lowest BCUT2D eigenvalue weighted by atomic mass is 9.98. The fourth-order valence-corrected chi connectivity index (χ4v) is 4.61. The van der Waals surface area contributed by atoms with Crippen LogP contribution in [0.2, 0.25) is 0 Å². The predicted octanol–water partition coefficient (Wildman–Crippen LogP) is 9.46. The summed E-state index contributed by atoms with van der Waals surface area (Å²) in [7, 11) is 0. The summed E-state index contributed by atoms with van der Waals surface area (Å²) in [6, 6.07) is 3.05. The first-order chi connectivity index (χ1) is 16.6. The summed E-state index contributed by atoms with van der Waals surface area (Å²) in [6.07, 6.45) is 24.3. The number of benzene rings is 1. The molecule has 0 atom stereocenters. The van der Waals surface area contributed by atoms with Gasteiger partial charge in [-0.2, -0.15) is 0 Å². The average molecular weight is 477 g/mol. The van der Waals surface area contributed by atoms with Crippen molar-refractivity contribution in [3.63, 3.8) is 0 Å². The molecule has 1 aromatic carbocycles. The van der Waals surface area contributed by atoms with Crippen LogP contribution in [-0.4, -0.2) is 22.8 Å². The van der Waals surface area contributed by atoms with Crippen LogP contribution >= 0.6 is 0 Å². The minimum Gasteiger partial charge on any atom is -0.508 e. The third-order valence-corrected chi connectivity index (χ3v) is 6.69. The molecule has 34 heavy (non-hydrogen) atoms. The van der Waals surface area contributed by atoms with E-state index in [1.807, 2.05) is 0 Å². The lowest BCUT2D eigenvalue weighted by molar-refractivity contribution is 0.0690. The van der Waals surface area contributed by atoms with Crippen molar-refractivity contribution in [1.82, 2.24) is 0 Å². The summed E-state index contributed by atoms with van der Waals surface area (Å²) >= 11 is 0. The first-order valence-electron chi connectivity index (χ1n) is 14.3. The largest absolute Gasteiger partial charge is 0.508 e. The summed E-state index contributed by atoms with van der Waals surface area (Å²) < 4.78 is 5.80.